The van der Waals surface area contributed by atoms with Crippen LogP contribution in [0.25, 0.3) is 0 Å². The zero-order chi connectivity index (χ0) is 15.8. The Morgan fingerprint density at radius 2 is 2.23 bits per heavy atom. The van der Waals surface area contributed by atoms with Gasteiger partial charge in [-0.2, -0.15) is 5.10 Å². The maximum absolute atomic E-state index is 11.5. The number of benzene rings is 1. The number of ether oxygens (including phenoxy) is 1. The number of nitrogens with one attached hydrogen (secondary N) is 2. The molecule has 1 aromatic heterocycles. The fraction of sp³-hybridized carbons (Fsp3) is 0.0667. The minimum atomic E-state index is -0.405. The van der Waals surface area contributed by atoms with Crippen LogP contribution in [0.2, 0.25) is 0 Å². The summed E-state index contributed by atoms with van der Waals surface area (Å²) in [6.07, 6.45) is 4.97. The third kappa shape index (κ3) is 4.64. The fourth-order valence-corrected chi connectivity index (χ4v) is 1.79. The highest BCUT2D eigenvalue weighted by atomic mass is 32.1. The summed E-state index contributed by atoms with van der Waals surface area (Å²) in [6.45, 7) is 0. The van der Waals surface area contributed by atoms with E-state index in [0.717, 1.165) is 5.56 Å². The number of pyridine rings is 1. The maximum atomic E-state index is 11.5. The van der Waals surface area contributed by atoms with E-state index in [1.807, 2.05) is 12.1 Å². The van der Waals surface area contributed by atoms with Crippen LogP contribution in [0, 0.1) is 0 Å². The summed E-state index contributed by atoms with van der Waals surface area (Å²) in [5.41, 5.74) is 4.64. The molecule has 0 saturated heterocycles. The number of hydrogen-bond acceptors (Lipinski definition) is 5. The van der Waals surface area contributed by atoms with E-state index in [1.165, 1.54) is 7.11 Å². The molecule has 0 atom stereocenters. The average Bonchev–Trinajstić information content (AvgIpc) is 2.55. The van der Waals surface area contributed by atoms with Gasteiger partial charge in [-0.3, -0.25) is 10.4 Å². The van der Waals surface area contributed by atoms with Gasteiger partial charge in [0.05, 0.1) is 18.9 Å². The SMILES string of the molecule is COC(=O)c1cccc(NC(=S)N/N=C\c2cccnc2)c1. The van der Waals surface area contributed by atoms with Crippen molar-refractivity contribution < 1.29 is 9.53 Å². The Labute approximate surface area is 133 Å². The molecule has 0 amide bonds. The highest BCUT2D eigenvalue weighted by molar-refractivity contribution is 7.80. The molecular weight excluding hydrogens is 300 g/mol. The van der Waals surface area contributed by atoms with Crippen LogP contribution in [-0.2, 0) is 4.74 Å². The predicted octanol–water partition coefficient (Wildman–Crippen LogP) is 2.19. The molecule has 2 rings (SSSR count). The van der Waals surface area contributed by atoms with Crippen LogP contribution in [0.15, 0.2) is 53.9 Å². The van der Waals surface area contributed by atoms with Crippen LogP contribution in [0.1, 0.15) is 15.9 Å². The molecule has 0 spiro atoms. The van der Waals surface area contributed by atoms with E-state index in [0.29, 0.717) is 16.4 Å². The molecule has 0 aliphatic heterocycles. The molecule has 2 N–H and O–H groups in total. The lowest BCUT2D eigenvalue weighted by Crippen LogP contribution is -2.24. The molecule has 0 aliphatic rings. The molecule has 0 aliphatic carbocycles. The van der Waals surface area contributed by atoms with Gasteiger partial charge in [0.2, 0.25) is 0 Å². The molecule has 0 bridgehead atoms. The van der Waals surface area contributed by atoms with Crippen molar-refractivity contribution in [3.05, 3.63) is 59.9 Å². The number of thiocarbonyl (C=S) groups is 1. The number of rotatable bonds is 4. The molecule has 7 heteroatoms. The van der Waals surface area contributed by atoms with E-state index in [9.17, 15) is 4.79 Å². The first-order chi connectivity index (χ1) is 10.7. The summed E-state index contributed by atoms with van der Waals surface area (Å²) in [7, 11) is 1.34. The zero-order valence-corrected chi connectivity index (χ0v) is 12.6. The fourth-order valence-electron chi connectivity index (χ4n) is 1.62. The molecule has 1 aromatic carbocycles. The summed E-state index contributed by atoms with van der Waals surface area (Å²) < 4.78 is 4.67. The van der Waals surface area contributed by atoms with Crippen LogP contribution in [0.4, 0.5) is 5.69 Å². The second-order valence-corrected chi connectivity index (χ2v) is 4.59. The van der Waals surface area contributed by atoms with Crippen molar-refractivity contribution in [2.75, 3.05) is 12.4 Å². The van der Waals surface area contributed by atoms with Crippen LogP contribution < -0.4 is 10.7 Å². The minimum Gasteiger partial charge on any atom is -0.465 e. The monoisotopic (exact) mass is 314 g/mol. The summed E-state index contributed by atoms with van der Waals surface area (Å²) in [5.74, 6) is -0.405. The number of aromatic nitrogens is 1. The number of methoxy groups -OCH3 is 1. The Balaban J connectivity index is 1.92. The molecule has 0 saturated carbocycles. The van der Waals surface area contributed by atoms with E-state index in [2.05, 4.69) is 25.6 Å². The third-order valence-corrected chi connectivity index (χ3v) is 2.80. The van der Waals surface area contributed by atoms with Crippen LogP contribution >= 0.6 is 12.2 Å². The molecular formula is C15H14N4O2S. The zero-order valence-electron chi connectivity index (χ0n) is 11.8. The first kappa shape index (κ1) is 15.6. The van der Waals surface area contributed by atoms with Crippen LogP contribution in [-0.4, -0.2) is 29.4 Å². The molecule has 2 aromatic rings. The van der Waals surface area contributed by atoms with Crippen molar-refractivity contribution in [2.45, 2.75) is 0 Å². The van der Waals surface area contributed by atoms with E-state index in [1.54, 1.807) is 42.9 Å². The Morgan fingerprint density at radius 3 is 2.95 bits per heavy atom. The van der Waals surface area contributed by atoms with Crippen molar-refractivity contribution >= 4 is 35.2 Å². The molecule has 22 heavy (non-hydrogen) atoms. The normalized spacial score (nSPS) is 10.2. The Bertz CT molecular complexity index is 689. The Hall–Kier alpha value is -2.80. The topological polar surface area (TPSA) is 75.6 Å². The first-order valence-electron chi connectivity index (χ1n) is 6.37. The van der Waals surface area contributed by atoms with Gasteiger partial charge in [-0.05, 0) is 36.5 Å². The molecule has 0 radical (unpaired) electrons. The van der Waals surface area contributed by atoms with Crippen molar-refractivity contribution in [3.63, 3.8) is 0 Å². The second-order valence-electron chi connectivity index (χ2n) is 4.18. The van der Waals surface area contributed by atoms with Crippen molar-refractivity contribution in [1.29, 1.82) is 0 Å². The van der Waals surface area contributed by atoms with Gasteiger partial charge in [0.25, 0.3) is 0 Å². The number of hydrazone groups is 1. The minimum absolute atomic E-state index is 0.308. The quantitative estimate of drug-likeness (QED) is 0.390. The summed E-state index contributed by atoms with van der Waals surface area (Å²) in [5, 5.41) is 7.24. The Morgan fingerprint density at radius 1 is 1.36 bits per heavy atom. The molecule has 112 valence electrons. The van der Waals surface area contributed by atoms with E-state index < -0.39 is 5.97 Å². The molecule has 0 fully saturated rings. The first-order valence-corrected chi connectivity index (χ1v) is 6.78. The van der Waals surface area contributed by atoms with Crippen LogP contribution in [0.5, 0.6) is 0 Å². The van der Waals surface area contributed by atoms with Gasteiger partial charge in [0.15, 0.2) is 5.11 Å². The number of anilines is 1. The molecule has 1 heterocycles. The van der Waals surface area contributed by atoms with Gasteiger partial charge in [-0.1, -0.05) is 12.1 Å². The van der Waals surface area contributed by atoms with Crippen molar-refractivity contribution in [1.82, 2.24) is 10.4 Å². The lowest BCUT2D eigenvalue weighted by Gasteiger charge is -2.08. The number of hydrogen-bond donors (Lipinski definition) is 2. The smallest absolute Gasteiger partial charge is 0.337 e. The van der Waals surface area contributed by atoms with Crippen molar-refractivity contribution in [2.24, 2.45) is 5.10 Å². The maximum Gasteiger partial charge on any atom is 0.337 e. The lowest BCUT2D eigenvalue weighted by atomic mass is 10.2. The van der Waals surface area contributed by atoms with Gasteiger partial charge in [0.1, 0.15) is 0 Å². The standard InChI is InChI=1S/C15H14N4O2S/c1-21-14(20)12-5-2-6-13(8-12)18-15(22)19-17-10-11-4-3-7-16-9-11/h2-10H,1H3,(H2,18,19,22)/b17-10-. The number of carbonyl (C=O) groups is 1. The largest absolute Gasteiger partial charge is 0.465 e. The van der Waals surface area contributed by atoms with E-state index in [4.69, 9.17) is 12.2 Å². The van der Waals surface area contributed by atoms with E-state index >= 15 is 0 Å². The molecule has 0 unspecified atom stereocenters. The van der Waals surface area contributed by atoms with Gasteiger partial charge in [-0.25, -0.2) is 4.79 Å². The highest BCUT2D eigenvalue weighted by Gasteiger charge is 2.05. The highest BCUT2D eigenvalue weighted by Crippen LogP contribution is 2.11. The van der Waals surface area contributed by atoms with Crippen LogP contribution in [0.3, 0.4) is 0 Å². The summed E-state index contributed by atoms with van der Waals surface area (Å²) >= 11 is 5.12. The molecule has 6 nitrogen and oxygen atoms in total. The Kier molecular flexibility index (Phi) is 5.56. The number of esters is 1. The van der Waals surface area contributed by atoms with Gasteiger partial charge >= 0.3 is 5.97 Å². The van der Waals surface area contributed by atoms with Gasteiger partial charge < -0.3 is 10.1 Å². The predicted molar refractivity (Wildman–Crippen MR) is 89.0 cm³/mol. The van der Waals surface area contributed by atoms with Gasteiger partial charge in [0, 0.05) is 23.6 Å². The number of nitrogens with zero attached hydrogens (tertiary/aromatic N) is 2. The summed E-state index contributed by atoms with van der Waals surface area (Å²) in [4.78, 5) is 15.4. The van der Waals surface area contributed by atoms with Crippen molar-refractivity contribution in [3.8, 4) is 0 Å². The average molecular weight is 314 g/mol. The lowest BCUT2D eigenvalue weighted by molar-refractivity contribution is 0.0601. The van der Waals surface area contributed by atoms with E-state index in [-0.39, 0.29) is 0 Å². The second kappa shape index (κ2) is 7.84. The van der Waals surface area contributed by atoms with Gasteiger partial charge in [-0.15, -0.1) is 0 Å². The summed E-state index contributed by atoms with van der Waals surface area (Å²) in [6, 6.07) is 10.5. The third-order valence-electron chi connectivity index (χ3n) is 2.61. The number of carbonyl (C=O) groups excluding carboxylic acids is 1.